The largest absolute Gasteiger partial charge is 1.00 e. The molecule has 0 amide bonds. The van der Waals surface area contributed by atoms with Crippen LogP contribution in [0.3, 0.4) is 0 Å². The van der Waals surface area contributed by atoms with Crippen LogP contribution in [-0.4, -0.2) is 4.98 Å². The number of oxazole rings is 1. The van der Waals surface area contributed by atoms with Gasteiger partial charge in [0.15, 0.2) is 5.58 Å². The minimum Gasteiger partial charge on any atom is -1.00 e. The van der Waals surface area contributed by atoms with Crippen LogP contribution in [-0.2, 0) is 6.16 Å². The summed E-state index contributed by atoms with van der Waals surface area (Å²) in [7, 11) is -2.00. The highest BCUT2D eigenvalue weighted by molar-refractivity contribution is 7.95. The third kappa shape index (κ3) is 3.90. The van der Waals surface area contributed by atoms with Crippen molar-refractivity contribution >= 4 is 34.3 Å². The highest BCUT2D eigenvalue weighted by Crippen LogP contribution is 2.58. The molecule has 0 N–H and O–H groups in total. The fourth-order valence-electron chi connectivity index (χ4n) is 4.17. The quantitative estimate of drug-likeness (QED) is 0.390. The second kappa shape index (κ2) is 9.06. The van der Waals surface area contributed by atoms with Crippen molar-refractivity contribution in [1.29, 1.82) is 0 Å². The lowest BCUT2D eigenvalue weighted by atomic mass is 10.2. The van der Waals surface area contributed by atoms with E-state index in [2.05, 4.69) is 104 Å². The maximum Gasteiger partial charge on any atom is 0.234 e. The first kappa shape index (κ1) is 21.3. The Kier molecular flexibility index (Phi) is 6.23. The van der Waals surface area contributed by atoms with Crippen LogP contribution in [0, 0.1) is 6.92 Å². The Morgan fingerprint density at radius 2 is 1.13 bits per heavy atom. The van der Waals surface area contributed by atoms with E-state index in [4.69, 9.17) is 9.40 Å². The molecule has 1 aromatic heterocycles. The Hall–Kier alpha value is -2.93. The van der Waals surface area contributed by atoms with Crippen molar-refractivity contribution < 1.29 is 16.8 Å². The second-order valence-corrected chi connectivity index (χ2v) is 11.0. The molecule has 0 atom stereocenters. The molecule has 0 spiro atoms. The summed E-state index contributed by atoms with van der Waals surface area (Å²) >= 11 is 0. The summed E-state index contributed by atoms with van der Waals surface area (Å²) < 4.78 is 6.29. The highest BCUT2D eigenvalue weighted by Gasteiger charge is 2.46. The van der Waals surface area contributed by atoms with Crippen molar-refractivity contribution in [3.63, 3.8) is 0 Å². The Morgan fingerprint density at radius 3 is 1.58 bits per heavy atom. The molecule has 0 radical (unpaired) electrons. The molecule has 0 aliphatic carbocycles. The summed E-state index contributed by atoms with van der Waals surface area (Å²) in [4.78, 5) is 4.93. The van der Waals surface area contributed by atoms with Gasteiger partial charge in [0, 0.05) is 0 Å². The minimum absolute atomic E-state index is 0. The van der Waals surface area contributed by atoms with Gasteiger partial charge in [0.2, 0.25) is 5.89 Å². The summed E-state index contributed by atoms with van der Waals surface area (Å²) in [5.41, 5.74) is 2.96. The van der Waals surface area contributed by atoms with E-state index in [0.717, 1.165) is 28.7 Å². The number of para-hydroxylation sites is 1. The van der Waals surface area contributed by atoms with E-state index < -0.39 is 7.26 Å². The van der Waals surface area contributed by atoms with Gasteiger partial charge in [-0.15, -0.1) is 0 Å². The van der Waals surface area contributed by atoms with Gasteiger partial charge in [-0.3, -0.25) is 0 Å². The lowest BCUT2D eigenvalue weighted by molar-refractivity contribution is -0.00000662. The Bertz CT molecular complexity index is 1170. The van der Waals surface area contributed by atoms with Crippen LogP contribution >= 0.6 is 7.26 Å². The van der Waals surface area contributed by atoms with Crippen LogP contribution in [0.1, 0.15) is 11.5 Å². The van der Waals surface area contributed by atoms with Gasteiger partial charge in [0.05, 0.1) is 0 Å². The van der Waals surface area contributed by atoms with Crippen LogP contribution in [0.15, 0.2) is 114 Å². The average molecular weight is 444 g/mol. The molecule has 4 heteroatoms. The molecule has 2 nitrogen and oxygen atoms in total. The number of hydrogen-bond donors (Lipinski definition) is 0. The summed E-state index contributed by atoms with van der Waals surface area (Å²) in [5, 5.41) is 4.00. The Labute approximate surface area is 189 Å². The SMILES string of the molecule is Cc1cccc2oc(C[P+](c3ccccc3)(c3ccccc3)c3ccccc3)nc12.[Cl-]. The first-order valence-corrected chi connectivity index (χ1v) is 12.1. The van der Waals surface area contributed by atoms with E-state index in [1.807, 2.05) is 12.1 Å². The Balaban J connectivity index is 0.00000231. The molecule has 0 bridgehead atoms. The summed E-state index contributed by atoms with van der Waals surface area (Å²) in [5.74, 6) is 0.796. The lowest BCUT2D eigenvalue weighted by Crippen LogP contribution is -3.00. The second-order valence-electron chi connectivity index (χ2n) is 7.50. The van der Waals surface area contributed by atoms with Gasteiger partial charge in [-0.2, -0.15) is 0 Å². The molecule has 0 aliphatic rings. The molecule has 0 unspecified atom stereocenters. The first-order chi connectivity index (χ1) is 14.8. The predicted molar refractivity (Wildman–Crippen MR) is 128 cm³/mol. The third-order valence-corrected chi connectivity index (χ3v) is 9.91. The van der Waals surface area contributed by atoms with Gasteiger partial charge >= 0.3 is 0 Å². The van der Waals surface area contributed by atoms with Crippen LogP contribution in [0.5, 0.6) is 0 Å². The summed E-state index contributed by atoms with van der Waals surface area (Å²) in [6.45, 7) is 2.09. The number of aromatic nitrogens is 1. The smallest absolute Gasteiger partial charge is 0.234 e. The number of aryl methyl sites for hydroxylation is 1. The number of hydrogen-bond acceptors (Lipinski definition) is 2. The van der Waals surface area contributed by atoms with Gasteiger partial charge < -0.3 is 16.8 Å². The van der Waals surface area contributed by atoms with Crippen molar-refractivity contribution in [2.75, 3.05) is 0 Å². The first-order valence-electron chi connectivity index (χ1n) is 10.2. The van der Waals surface area contributed by atoms with Crippen LogP contribution < -0.4 is 28.3 Å². The standard InChI is InChI=1S/C27H23NOP.ClH/c1-21-12-11-19-25-27(21)28-26(29-25)20-30(22-13-5-2-6-14-22,23-15-7-3-8-16-23)24-17-9-4-10-18-24;/h2-19H,20H2,1H3;1H/q+1;/p-1. The predicted octanol–water partition coefficient (Wildman–Crippen LogP) is 2.63. The van der Waals surface area contributed by atoms with Gasteiger partial charge in [0.25, 0.3) is 0 Å². The molecule has 5 rings (SSSR count). The number of rotatable bonds is 5. The molecule has 31 heavy (non-hydrogen) atoms. The zero-order chi connectivity index (χ0) is 20.4. The van der Waals surface area contributed by atoms with Crippen molar-refractivity contribution in [2.45, 2.75) is 13.1 Å². The van der Waals surface area contributed by atoms with E-state index >= 15 is 0 Å². The fourth-order valence-corrected chi connectivity index (χ4v) is 8.20. The normalized spacial score (nSPS) is 11.3. The molecule has 0 saturated heterocycles. The van der Waals surface area contributed by atoms with Crippen molar-refractivity contribution in [3.05, 3.63) is 121 Å². The number of fused-ring (bicyclic) bond motifs is 1. The van der Waals surface area contributed by atoms with Crippen molar-refractivity contribution in [3.8, 4) is 0 Å². The average Bonchev–Trinajstić information content (AvgIpc) is 3.23. The van der Waals surface area contributed by atoms with E-state index in [-0.39, 0.29) is 12.4 Å². The Morgan fingerprint density at radius 1 is 0.645 bits per heavy atom. The van der Waals surface area contributed by atoms with Crippen LogP contribution in [0.4, 0.5) is 0 Å². The summed E-state index contributed by atoms with van der Waals surface area (Å²) in [6, 6.07) is 38.7. The molecule has 0 saturated carbocycles. The van der Waals surface area contributed by atoms with Crippen molar-refractivity contribution in [2.24, 2.45) is 0 Å². The number of nitrogens with zero attached hydrogens (tertiary/aromatic N) is 1. The summed E-state index contributed by atoms with van der Waals surface area (Å²) in [6.07, 6.45) is 0.749. The maximum absolute atomic E-state index is 6.29. The number of halogens is 1. The zero-order valence-corrected chi connectivity index (χ0v) is 18.9. The highest BCUT2D eigenvalue weighted by atomic mass is 35.5. The minimum atomic E-state index is -2.00. The zero-order valence-electron chi connectivity index (χ0n) is 17.3. The molecule has 0 aliphatic heterocycles. The van der Waals surface area contributed by atoms with Gasteiger partial charge in [-0.05, 0) is 55.0 Å². The molecular formula is C27H23ClNOP. The van der Waals surface area contributed by atoms with Crippen LogP contribution in [0.2, 0.25) is 0 Å². The molecule has 5 aromatic rings. The topological polar surface area (TPSA) is 26.0 Å². The molecular weight excluding hydrogens is 421 g/mol. The molecule has 154 valence electrons. The van der Waals surface area contributed by atoms with Crippen LogP contribution in [0.25, 0.3) is 11.1 Å². The van der Waals surface area contributed by atoms with Gasteiger partial charge in [-0.25, -0.2) is 4.98 Å². The maximum atomic E-state index is 6.29. The van der Waals surface area contributed by atoms with Gasteiger partial charge in [-0.1, -0.05) is 66.7 Å². The van der Waals surface area contributed by atoms with E-state index in [9.17, 15) is 0 Å². The van der Waals surface area contributed by atoms with Gasteiger partial charge in [0.1, 0.15) is 34.9 Å². The fraction of sp³-hybridized carbons (Fsp3) is 0.0741. The number of benzene rings is 4. The lowest BCUT2D eigenvalue weighted by Gasteiger charge is -2.26. The van der Waals surface area contributed by atoms with E-state index in [1.54, 1.807) is 0 Å². The van der Waals surface area contributed by atoms with E-state index in [0.29, 0.717) is 0 Å². The molecule has 4 aromatic carbocycles. The molecule has 1 heterocycles. The van der Waals surface area contributed by atoms with Crippen molar-refractivity contribution in [1.82, 2.24) is 4.98 Å². The van der Waals surface area contributed by atoms with E-state index in [1.165, 1.54) is 15.9 Å². The third-order valence-electron chi connectivity index (χ3n) is 5.63. The monoisotopic (exact) mass is 443 g/mol. The molecule has 0 fully saturated rings.